The minimum Gasteiger partial charge on any atom is -0.446 e. The lowest BCUT2D eigenvalue weighted by Gasteiger charge is -2.63. The first kappa shape index (κ1) is 27.7. The zero-order valence-corrected chi connectivity index (χ0v) is 23.8. The summed E-state index contributed by atoms with van der Waals surface area (Å²) in [7, 11) is 0. The van der Waals surface area contributed by atoms with E-state index in [4.69, 9.17) is 9.15 Å². The van der Waals surface area contributed by atoms with Crippen molar-refractivity contribution in [3.05, 3.63) is 34.4 Å². The number of nitrogens with zero attached hydrogens (tertiary/aromatic N) is 1. The molecule has 0 radical (unpaired) electrons. The standard InChI is InChI=1S/C31H48N2O5/c1-5-33(6-2)18-17-32-28(35)38-23-11-14-29(3)22(19-23)8-9-26-25(29)12-15-30(4)24(13-16-31(26,30)36)21-7-10-27(34)37-20-21/h7,10,20,22-26,36H,5-6,8-9,11-19H2,1-4H3,(H,32,35). The predicted molar refractivity (Wildman–Crippen MR) is 147 cm³/mol. The number of aliphatic hydroxyl groups is 1. The minimum atomic E-state index is -0.692. The van der Waals surface area contributed by atoms with Gasteiger partial charge in [0.15, 0.2) is 0 Å². The lowest BCUT2D eigenvalue weighted by molar-refractivity contribution is -0.205. The molecule has 1 heterocycles. The summed E-state index contributed by atoms with van der Waals surface area (Å²) in [6, 6.07) is 3.42. The molecule has 7 heteroatoms. The van der Waals surface area contributed by atoms with Crippen LogP contribution in [0.4, 0.5) is 4.79 Å². The molecule has 4 fully saturated rings. The van der Waals surface area contributed by atoms with Crippen molar-refractivity contribution in [3.63, 3.8) is 0 Å². The lowest BCUT2D eigenvalue weighted by Crippen LogP contribution is -2.62. The Kier molecular flexibility index (Phi) is 7.73. The summed E-state index contributed by atoms with van der Waals surface area (Å²) in [5, 5.41) is 15.4. The second kappa shape index (κ2) is 10.6. The molecule has 4 aliphatic carbocycles. The van der Waals surface area contributed by atoms with Gasteiger partial charge in [-0.1, -0.05) is 27.7 Å². The molecular formula is C31H48N2O5. The first-order chi connectivity index (χ1) is 18.1. The van der Waals surface area contributed by atoms with E-state index in [1.54, 1.807) is 6.26 Å². The number of carbonyl (C=O) groups excluding carboxylic acids is 1. The van der Waals surface area contributed by atoms with Gasteiger partial charge in [0, 0.05) is 24.6 Å². The monoisotopic (exact) mass is 528 g/mol. The molecule has 7 nitrogen and oxygen atoms in total. The molecule has 1 aromatic heterocycles. The highest BCUT2D eigenvalue weighted by atomic mass is 16.6. The largest absolute Gasteiger partial charge is 0.446 e. The Hall–Kier alpha value is -1.86. The van der Waals surface area contributed by atoms with Crippen molar-refractivity contribution in [3.8, 4) is 0 Å². The van der Waals surface area contributed by atoms with Gasteiger partial charge < -0.3 is 24.5 Å². The fraction of sp³-hybridized carbons (Fsp3) is 0.806. The predicted octanol–water partition coefficient (Wildman–Crippen LogP) is 5.32. The number of likely N-dealkylation sites (N-methyl/N-ethyl adjacent to an activating group) is 1. The number of carbonyl (C=O) groups is 1. The molecule has 1 aromatic rings. The van der Waals surface area contributed by atoms with E-state index in [-0.39, 0.29) is 34.6 Å². The fourth-order valence-electron chi connectivity index (χ4n) is 9.44. The number of alkyl carbamates (subject to hydrolysis) is 1. The van der Waals surface area contributed by atoms with Crippen molar-refractivity contribution in [2.24, 2.45) is 28.6 Å². The number of fused-ring (bicyclic) bond motifs is 5. The second-order valence-electron chi connectivity index (χ2n) is 13.1. The molecule has 0 aliphatic heterocycles. The Morgan fingerprint density at radius 1 is 1.08 bits per heavy atom. The Labute approximate surface area is 227 Å². The zero-order valence-electron chi connectivity index (χ0n) is 23.8. The van der Waals surface area contributed by atoms with Crippen molar-refractivity contribution in [2.75, 3.05) is 26.2 Å². The topological polar surface area (TPSA) is 92.0 Å². The van der Waals surface area contributed by atoms with Gasteiger partial charge in [-0.2, -0.15) is 0 Å². The normalized spacial score (nSPS) is 40.2. The van der Waals surface area contributed by atoms with Gasteiger partial charge >= 0.3 is 11.7 Å². The van der Waals surface area contributed by atoms with Gasteiger partial charge in [-0.25, -0.2) is 9.59 Å². The van der Waals surface area contributed by atoms with E-state index in [1.807, 2.05) is 6.07 Å². The van der Waals surface area contributed by atoms with Crippen LogP contribution in [0, 0.1) is 28.6 Å². The van der Waals surface area contributed by atoms with Crippen molar-refractivity contribution in [2.45, 2.75) is 103 Å². The highest BCUT2D eigenvalue weighted by Crippen LogP contribution is 2.70. The Balaban J connectivity index is 1.23. The van der Waals surface area contributed by atoms with Crippen molar-refractivity contribution in [1.29, 1.82) is 0 Å². The summed E-state index contributed by atoms with van der Waals surface area (Å²) >= 11 is 0. The Morgan fingerprint density at radius 3 is 2.58 bits per heavy atom. The van der Waals surface area contributed by atoms with E-state index in [9.17, 15) is 14.7 Å². The van der Waals surface area contributed by atoms with Crippen LogP contribution in [0.1, 0.15) is 97.0 Å². The summed E-state index contributed by atoms with van der Waals surface area (Å²) in [6.07, 6.45) is 10.2. The average molecular weight is 529 g/mol. The van der Waals surface area contributed by atoms with Crippen LogP contribution in [-0.2, 0) is 4.74 Å². The molecule has 0 saturated heterocycles. The van der Waals surface area contributed by atoms with E-state index >= 15 is 0 Å². The SMILES string of the molecule is CCN(CC)CCNC(=O)OC1CCC2(C)C(CCC3C2CCC2(C)C(c4ccc(=O)oc4)CCC32O)C1. The molecule has 0 spiro atoms. The highest BCUT2D eigenvalue weighted by Gasteiger charge is 2.67. The van der Waals surface area contributed by atoms with Gasteiger partial charge in [0.05, 0.1) is 11.9 Å². The van der Waals surface area contributed by atoms with Gasteiger partial charge in [-0.05, 0) is 112 Å². The van der Waals surface area contributed by atoms with Crippen LogP contribution in [0.3, 0.4) is 0 Å². The maximum absolute atomic E-state index is 12.5. The number of rotatable bonds is 7. The minimum absolute atomic E-state index is 0.0152. The molecule has 4 aliphatic rings. The number of hydrogen-bond donors (Lipinski definition) is 2. The first-order valence-corrected chi connectivity index (χ1v) is 15.1. The molecular weight excluding hydrogens is 480 g/mol. The first-order valence-electron chi connectivity index (χ1n) is 15.1. The van der Waals surface area contributed by atoms with E-state index in [0.29, 0.717) is 24.3 Å². The average Bonchev–Trinajstić information content (AvgIpc) is 3.18. The molecule has 2 N–H and O–H groups in total. The summed E-state index contributed by atoms with van der Waals surface area (Å²) < 4.78 is 11.1. The van der Waals surface area contributed by atoms with Crippen LogP contribution in [-0.4, -0.2) is 54.0 Å². The van der Waals surface area contributed by atoms with Crippen LogP contribution in [0.25, 0.3) is 0 Å². The Bertz CT molecular complexity index is 1030. The van der Waals surface area contributed by atoms with Gasteiger partial charge in [-0.15, -0.1) is 0 Å². The molecule has 1 amide bonds. The maximum atomic E-state index is 12.5. The molecule has 0 aromatic carbocycles. The third-order valence-electron chi connectivity index (χ3n) is 11.8. The molecule has 0 bridgehead atoms. The van der Waals surface area contributed by atoms with Crippen LogP contribution < -0.4 is 10.9 Å². The second-order valence-corrected chi connectivity index (χ2v) is 13.1. The third kappa shape index (κ3) is 4.61. The van der Waals surface area contributed by atoms with E-state index in [0.717, 1.165) is 83.0 Å². The van der Waals surface area contributed by atoms with Crippen LogP contribution >= 0.6 is 0 Å². The van der Waals surface area contributed by atoms with Gasteiger partial charge in [-0.3, -0.25) is 0 Å². The van der Waals surface area contributed by atoms with Crippen molar-refractivity contribution < 1.29 is 19.1 Å². The fourth-order valence-corrected chi connectivity index (χ4v) is 9.44. The summed E-state index contributed by atoms with van der Waals surface area (Å²) in [5.74, 6) is 1.53. The van der Waals surface area contributed by atoms with Crippen molar-refractivity contribution >= 4 is 6.09 Å². The van der Waals surface area contributed by atoms with E-state index in [1.165, 1.54) is 6.07 Å². The molecule has 212 valence electrons. The highest BCUT2D eigenvalue weighted by molar-refractivity contribution is 5.67. The van der Waals surface area contributed by atoms with Crippen LogP contribution in [0.5, 0.6) is 0 Å². The number of ether oxygens (including phenoxy) is 1. The number of hydrogen-bond acceptors (Lipinski definition) is 6. The van der Waals surface area contributed by atoms with Gasteiger partial charge in [0.2, 0.25) is 0 Å². The van der Waals surface area contributed by atoms with Crippen molar-refractivity contribution in [1.82, 2.24) is 10.2 Å². The summed E-state index contributed by atoms with van der Waals surface area (Å²) in [4.78, 5) is 26.3. The quantitative estimate of drug-likeness (QED) is 0.498. The molecule has 8 atom stereocenters. The van der Waals surface area contributed by atoms with E-state index < -0.39 is 5.60 Å². The molecule has 8 unspecified atom stereocenters. The van der Waals surface area contributed by atoms with Crippen LogP contribution in [0.2, 0.25) is 0 Å². The smallest absolute Gasteiger partial charge is 0.407 e. The van der Waals surface area contributed by atoms with Gasteiger partial charge in [0.1, 0.15) is 6.10 Å². The Morgan fingerprint density at radius 2 is 1.87 bits per heavy atom. The lowest BCUT2D eigenvalue weighted by atomic mass is 9.43. The number of amides is 1. The molecule has 38 heavy (non-hydrogen) atoms. The zero-order chi connectivity index (χ0) is 27.1. The number of nitrogens with one attached hydrogen (secondary N) is 1. The summed E-state index contributed by atoms with van der Waals surface area (Å²) in [5.41, 5.74) is 0.00791. The summed E-state index contributed by atoms with van der Waals surface area (Å²) in [6.45, 7) is 12.4. The van der Waals surface area contributed by atoms with Crippen LogP contribution in [0.15, 0.2) is 27.6 Å². The van der Waals surface area contributed by atoms with Gasteiger partial charge in [0.25, 0.3) is 0 Å². The molecule has 5 rings (SSSR count). The van der Waals surface area contributed by atoms with E-state index in [2.05, 4.69) is 37.9 Å². The molecule has 4 saturated carbocycles. The third-order valence-corrected chi connectivity index (χ3v) is 11.8. The maximum Gasteiger partial charge on any atom is 0.407 e.